The molecular weight excluding hydrogens is 398 g/mol. The number of ether oxygens (including phenoxy) is 1. The van der Waals surface area contributed by atoms with Crippen LogP contribution in [0.25, 0.3) is 21.8 Å². The third kappa shape index (κ3) is 4.15. The molecule has 1 aliphatic carbocycles. The Balaban J connectivity index is 1.81. The van der Waals surface area contributed by atoms with Crippen LogP contribution in [0.5, 0.6) is 0 Å². The van der Waals surface area contributed by atoms with Crippen LogP contribution in [0.1, 0.15) is 43.6 Å². The Labute approximate surface area is 180 Å². The second kappa shape index (κ2) is 9.06. The lowest BCUT2D eigenvalue weighted by atomic mass is 10.0. The van der Waals surface area contributed by atoms with Crippen molar-refractivity contribution >= 4 is 22.4 Å². The highest BCUT2D eigenvalue weighted by molar-refractivity contribution is 7.19. The fraction of sp³-hybridized carbons (Fsp3) is 0.455. The molecule has 0 bridgehead atoms. The maximum absolute atomic E-state index is 11.5. The predicted octanol–water partition coefficient (Wildman–Crippen LogP) is 4.11. The smallest absolute Gasteiger partial charge is 0.223 e. The van der Waals surface area contributed by atoms with E-state index in [1.165, 1.54) is 23.8 Å². The molecule has 1 amide bonds. The van der Waals surface area contributed by atoms with Crippen molar-refractivity contribution in [3.8, 4) is 21.8 Å². The van der Waals surface area contributed by atoms with Gasteiger partial charge >= 0.3 is 0 Å². The highest BCUT2D eigenvalue weighted by Gasteiger charge is 2.27. The van der Waals surface area contributed by atoms with Gasteiger partial charge in [-0.1, -0.05) is 24.7 Å². The van der Waals surface area contributed by atoms with Crippen LogP contribution in [0.2, 0.25) is 0 Å². The molecule has 7 nitrogen and oxygen atoms in total. The first-order valence-electron chi connectivity index (χ1n) is 10.4. The topological polar surface area (TPSA) is 81.9 Å². The van der Waals surface area contributed by atoms with Gasteiger partial charge in [-0.2, -0.15) is 5.10 Å². The molecule has 1 aliphatic rings. The number of aromatic nitrogens is 4. The zero-order valence-electron chi connectivity index (χ0n) is 17.7. The van der Waals surface area contributed by atoms with Gasteiger partial charge in [-0.05, 0) is 37.8 Å². The number of nitrogens with one attached hydrogen (secondary N) is 1. The number of hydrogen-bond acceptors (Lipinski definition) is 6. The average molecular weight is 426 g/mol. The van der Waals surface area contributed by atoms with Crippen LogP contribution in [0.3, 0.4) is 0 Å². The number of amides is 1. The Kier molecular flexibility index (Phi) is 6.24. The van der Waals surface area contributed by atoms with Gasteiger partial charge in [-0.15, -0.1) is 0 Å². The number of nitrogens with zero attached hydrogens (tertiary/aromatic N) is 4. The lowest BCUT2D eigenvalue weighted by molar-refractivity contribution is -0.114. The van der Waals surface area contributed by atoms with E-state index < -0.39 is 0 Å². The third-order valence-corrected chi connectivity index (χ3v) is 6.22. The van der Waals surface area contributed by atoms with E-state index in [4.69, 9.17) is 9.84 Å². The van der Waals surface area contributed by atoms with Crippen molar-refractivity contribution in [2.24, 2.45) is 0 Å². The van der Waals surface area contributed by atoms with E-state index in [1.807, 2.05) is 10.9 Å². The summed E-state index contributed by atoms with van der Waals surface area (Å²) in [6.45, 7) is 4.91. The number of methoxy groups -OCH3 is 1. The third-order valence-electron chi connectivity index (χ3n) is 5.20. The monoisotopic (exact) mass is 425 g/mol. The number of hydrogen-bond donors (Lipinski definition) is 1. The van der Waals surface area contributed by atoms with Crippen LogP contribution < -0.4 is 5.32 Å². The van der Waals surface area contributed by atoms with E-state index in [9.17, 15) is 4.79 Å². The highest BCUT2D eigenvalue weighted by Crippen LogP contribution is 2.42. The molecule has 0 fully saturated rings. The summed E-state index contributed by atoms with van der Waals surface area (Å²) in [5.74, 6) is -0.106. The molecule has 0 unspecified atom stereocenters. The van der Waals surface area contributed by atoms with Crippen molar-refractivity contribution in [2.75, 3.05) is 19.0 Å². The lowest BCUT2D eigenvalue weighted by Crippen LogP contribution is -2.07. The summed E-state index contributed by atoms with van der Waals surface area (Å²) in [6.07, 6.45) is 6.82. The minimum absolute atomic E-state index is 0.106. The molecule has 0 saturated carbocycles. The van der Waals surface area contributed by atoms with Crippen LogP contribution in [-0.2, 0) is 35.3 Å². The zero-order valence-corrected chi connectivity index (χ0v) is 18.5. The first-order valence-corrected chi connectivity index (χ1v) is 11.2. The van der Waals surface area contributed by atoms with Crippen molar-refractivity contribution < 1.29 is 9.53 Å². The summed E-state index contributed by atoms with van der Waals surface area (Å²) >= 11 is 1.52. The molecule has 158 valence electrons. The number of anilines is 1. The summed E-state index contributed by atoms with van der Waals surface area (Å²) in [5, 5.41) is 8.46. The van der Waals surface area contributed by atoms with Crippen molar-refractivity contribution in [3.63, 3.8) is 0 Å². The Bertz CT molecular complexity index is 1040. The molecule has 8 heteroatoms. The highest BCUT2D eigenvalue weighted by atomic mass is 32.1. The second-order valence-electron chi connectivity index (χ2n) is 7.51. The minimum Gasteiger partial charge on any atom is -0.383 e. The number of carbonyl (C=O) groups is 1. The van der Waals surface area contributed by atoms with Crippen LogP contribution in [0.15, 0.2) is 18.3 Å². The quantitative estimate of drug-likeness (QED) is 0.616. The van der Waals surface area contributed by atoms with Gasteiger partial charge in [-0.25, -0.2) is 4.98 Å². The average Bonchev–Trinajstić information content (AvgIpc) is 3.22. The number of aryl methyl sites for hydroxylation is 2. The van der Waals surface area contributed by atoms with Gasteiger partial charge in [0.25, 0.3) is 0 Å². The van der Waals surface area contributed by atoms with Gasteiger partial charge in [0.1, 0.15) is 0 Å². The largest absolute Gasteiger partial charge is 0.383 e. The number of fused-ring (bicyclic) bond motifs is 3. The summed E-state index contributed by atoms with van der Waals surface area (Å²) in [4.78, 5) is 21.9. The van der Waals surface area contributed by atoms with Crippen LogP contribution >= 0.6 is 11.3 Å². The number of carbonyl (C=O) groups excluding carboxylic acids is 1. The van der Waals surface area contributed by atoms with E-state index in [2.05, 4.69) is 34.3 Å². The molecule has 4 rings (SSSR count). The molecule has 0 radical (unpaired) electrons. The first kappa shape index (κ1) is 20.7. The standard InChI is InChI=1S/C22H27N5O2S/c1-4-6-16-10-9-15(13-23-16)19-17-7-5-8-18-21(30-22(25-18)24-14(2)28)20(17)27(26-19)11-12-29-3/h9-10,13H,4-8,11-12H2,1-3H3,(H,24,25,28). The van der Waals surface area contributed by atoms with E-state index in [0.717, 1.165) is 65.3 Å². The summed E-state index contributed by atoms with van der Waals surface area (Å²) in [6, 6.07) is 4.23. The van der Waals surface area contributed by atoms with Gasteiger partial charge in [-0.3, -0.25) is 14.5 Å². The number of thiazole rings is 1. The minimum atomic E-state index is -0.106. The van der Waals surface area contributed by atoms with Crippen LogP contribution in [-0.4, -0.2) is 39.4 Å². The molecule has 0 saturated heterocycles. The SMILES string of the molecule is CCCc1ccc(-c2nn(CCOC)c3c2CCCc2nc(NC(C)=O)sc2-3)cn1. The molecule has 0 spiro atoms. The molecular formula is C22H27N5O2S. The normalized spacial score (nSPS) is 12.9. The number of pyridine rings is 1. The van der Waals surface area contributed by atoms with E-state index in [-0.39, 0.29) is 5.91 Å². The second-order valence-corrected chi connectivity index (χ2v) is 8.51. The Hall–Kier alpha value is -2.58. The van der Waals surface area contributed by atoms with Gasteiger partial charge in [0.15, 0.2) is 5.13 Å². The van der Waals surface area contributed by atoms with E-state index >= 15 is 0 Å². The summed E-state index contributed by atoms with van der Waals surface area (Å²) < 4.78 is 7.36. The summed E-state index contributed by atoms with van der Waals surface area (Å²) in [5.41, 5.74) is 6.49. The molecule has 3 aromatic rings. The van der Waals surface area contributed by atoms with Crippen molar-refractivity contribution in [1.29, 1.82) is 0 Å². The maximum Gasteiger partial charge on any atom is 0.223 e. The van der Waals surface area contributed by atoms with Gasteiger partial charge < -0.3 is 10.1 Å². The predicted molar refractivity (Wildman–Crippen MR) is 119 cm³/mol. The van der Waals surface area contributed by atoms with Crippen molar-refractivity contribution in [2.45, 2.75) is 52.5 Å². The Morgan fingerprint density at radius 1 is 1.33 bits per heavy atom. The van der Waals surface area contributed by atoms with Gasteiger partial charge in [0.05, 0.1) is 35.1 Å². The lowest BCUT2D eigenvalue weighted by Gasteiger charge is -2.06. The molecule has 1 N–H and O–H groups in total. The van der Waals surface area contributed by atoms with Crippen molar-refractivity contribution in [3.05, 3.63) is 35.3 Å². The maximum atomic E-state index is 11.5. The fourth-order valence-corrected chi connectivity index (χ4v) is 5.01. The Morgan fingerprint density at radius 2 is 2.20 bits per heavy atom. The van der Waals surface area contributed by atoms with E-state index in [0.29, 0.717) is 18.3 Å². The molecule has 0 aliphatic heterocycles. The number of rotatable bonds is 7. The Morgan fingerprint density at radius 3 is 2.90 bits per heavy atom. The molecule has 0 aromatic carbocycles. The van der Waals surface area contributed by atoms with Gasteiger partial charge in [0, 0.05) is 37.1 Å². The summed E-state index contributed by atoms with van der Waals surface area (Å²) in [7, 11) is 1.70. The molecule has 3 aromatic heterocycles. The van der Waals surface area contributed by atoms with Crippen LogP contribution in [0.4, 0.5) is 5.13 Å². The van der Waals surface area contributed by atoms with E-state index in [1.54, 1.807) is 7.11 Å². The van der Waals surface area contributed by atoms with Crippen LogP contribution in [0, 0.1) is 0 Å². The molecule has 0 atom stereocenters. The first-order chi connectivity index (χ1) is 14.6. The van der Waals surface area contributed by atoms with Crippen molar-refractivity contribution in [1.82, 2.24) is 19.7 Å². The molecule has 30 heavy (non-hydrogen) atoms. The fourth-order valence-electron chi connectivity index (χ4n) is 3.87. The zero-order chi connectivity index (χ0) is 21.1. The molecule has 3 heterocycles. The van der Waals surface area contributed by atoms with Gasteiger partial charge in [0.2, 0.25) is 5.91 Å².